The number of aromatic hydroxyl groups is 2. The Kier molecular flexibility index (Phi) is 4.36. The second kappa shape index (κ2) is 6.64. The summed E-state index contributed by atoms with van der Waals surface area (Å²) in [6.07, 6.45) is 3.83. The number of ketones is 1. The number of aromatic carboxylic acids is 1. The normalized spacial score (nSPS) is 11.1. The smallest absolute Gasteiger partial charge is 0.343 e. The van der Waals surface area contributed by atoms with E-state index in [-0.39, 0.29) is 28.0 Å². The largest absolute Gasteiger partial charge is 0.508 e. The van der Waals surface area contributed by atoms with E-state index >= 15 is 0 Å². The van der Waals surface area contributed by atoms with Crippen molar-refractivity contribution in [1.82, 2.24) is 0 Å². The van der Waals surface area contributed by atoms with E-state index in [0.717, 1.165) is 6.08 Å². The Morgan fingerprint density at radius 3 is 2.58 bits per heavy atom. The molecule has 0 saturated heterocycles. The zero-order valence-corrected chi connectivity index (χ0v) is 13.6. The molecule has 2 aromatic carbocycles. The summed E-state index contributed by atoms with van der Waals surface area (Å²) in [6.45, 7) is 0. The summed E-state index contributed by atoms with van der Waals surface area (Å²) in [4.78, 5) is 24.1. The van der Waals surface area contributed by atoms with Crippen molar-refractivity contribution in [2.75, 3.05) is 7.11 Å². The molecule has 3 aromatic rings. The molecular formula is C19H14O7. The van der Waals surface area contributed by atoms with Crippen molar-refractivity contribution in [3.8, 4) is 17.2 Å². The van der Waals surface area contributed by atoms with Gasteiger partial charge in [-0.25, -0.2) is 4.79 Å². The number of hydrogen-bond donors (Lipinski definition) is 3. The first kappa shape index (κ1) is 17.1. The second-order valence-corrected chi connectivity index (χ2v) is 5.39. The van der Waals surface area contributed by atoms with Crippen molar-refractivity contribution >= 4 is 28.8 Å². The molecule has 3 rings (SSSR count). The van der Waals surface area contributed by atoms with Crippen LogP contribution in [0.2, 0.25) is 0 Å². The molecule has 26 heavy (non-hydrogen) atoms. The van der Waals surface area contributed by atoms with Gasteiger partial charge in [-0.05, 0) is 29.8 Å². The number of allylic oxidation sites excluding steroid dienone is 1. The number of fused-ring (bicyclic) bond motifs is 1. The van der Waals surface area contributed by atoms with Crippen LogP contribution < -0.4 is 4.74 Å². The van der Waals surface area contributed by atoms with Crippen LogP contribution in [0.4, 0.5) is 0 Å². The Labute approximate surface area is 147 Å². The Hall–Kier alpha value is -3.74. The Balaban J connectivity index is 2.15. The molecule has 132 valence electrons. The SMILES string of the molecule is COc1c(C(=O)C=Cc2cccc(O)c2)c(O)c(C(=O)O)c2occc12. The molecule has 1 aromatic heterocycles. The first-order valence-electron chi connectivity index (χ1n) is 7.49. The van der Waals surface area contributed by atoms with Gasteiger partial charge >= 0.3 is 5.97 Å². The lowest BCUT2D eigenvalue weighted by molar-refractivity contribution is 0.0694. The molecule has 0 amide bonds. The molecule has 7 nitrogen and oxygen atoms in total. The number of ether oxygens (including phenoxy) is 1. The quantitative estimate of drug-likeness (QED) is 0.474. The summed E-state index contributed by atoms with van der Waals surface area (Å²) in [7, 11) is 1.30. The molecule has 0 aliphatic rings. The Bertz CT molecular complexity index is 1040. The van der Waals surface area contributed by atoms with Crippen molar-refractivity contribution in [3.05, 3.63) is 59.4 Å². The zero-order valence-electron chi connectivity index (χ0n) is 13.6. The minimum Gasteiger partial charge on any atom is -0.508 e. The highest BCUT2D eigenvalue weighted by Gasteiger charge is 2.28. The standard InChI is InChI=1S/C19H14O7/c1-25-17-12-7-8-26-18(12)15(19(23)24)16(22)14(17)13(21)6-5-10-3-2-4-11(20)9-10/h2-9,20,22H,1H3,(H,23,24). The van der Waals surface area contributed by atoms with Crippen molar-refractivity contribution in [1.29, 1.82) is 0 Å². The average molecular weight is 354 g/mol. The molecule has 0 saturated carbocycles. The van der Waals surface area contributed by atoms with Crippen molar-refractivity contribution in [3.63, 3.8) is 0 Å². The molecule has 0 bridgehead atoms. The van der Waals surface area contributed by atoms with Crippen LogP contribution in [0.1, 0.15) is 26.3 Å². The number of carboxylic acids is 1. The molecule has 0 aliphatic heterocycles. The lowest BCUT2D eigenvalue weighted by Crippen LogP contribution is -2.06. The topological polar surface area (TPSA) is 117 Å². The molecule has 0 aliphatic carbocycles. The minimum atomic E-state index is -1.43. The fourth-order valence-electron chi connectivity index (χ4n) is 2.68. The van der Waals surface area contributed by atoms with Crippen LogP contribution in [0, 0.1) is 0 Å². The first-order chi connectivity index (χ1) is 12.4. The highest BCUT2D eigenvalue weighted by Crippen LogP contribution is 2.41. The molecule has 0 radical (unpaired) electrons. The lowest BCUT2D eigenvalue weighted by Gasteiger charge is -2.12. The Morgan fingerprint density at radius 1 is 1.15 bits per heavy atom. The van der Waals surface area contributed by atoms with Crippen LogP contribution in [-0.4, -0.2) is 34.2 Å². The van der Waals surface area contributed by atoms with E-state index in [0.29, 0.717) is 5.56 Å². The van der Waals surface area contributed by atoms with E-state index in [4.69, 9.17) is 9.15 Å². The number of rotatable bonds is 5. The van der Waals surface area contributed by atoms with Gasteiger partial charge in [-0.15, -0.1) is 0 Å². The number of methoxy groups -OCH3 is 1. The third-order valence-corrected chi connectivity index (χ3v) is 3.80. The fourth-order valence-corrected chi connectivity index (χ4v) is 2.68. The van der Waals surface area contributed by atoms with Gasteiger partial charge in [-0.3, -0.25) is 4.79 Å². The maximum absolute atomic E-state index is 12.6. The van der Waals surface area contributed by atoms with Crippen molar-refractivity contribution in [2.45, 2.75) is 0 Å². The maximum atomic E-state index is 12.6. The third-order valence-electron chi connectivity index (χ3n) is 3.80. The summed E-state index contributed by atoms with van der Waals surface area (Å²) in [5, 5.41) is 29.5. The number of phenols is 2. The van der Waals surface area contributed by atoms with E-state index in [9.17, 15) is 24.9 Å². The number of carbonyl (C=O) groups excluding carboxylic acids is 1. The monoisotopic (exact) mass is 354 g/mol. The van der Waals surface area contributed by atoms with Crippen molar-refractivity contribution in [2.24, 2.45) is 0 Å². The number of hydrogen-bond acceptors (Lipinski definition) is 6. The number of phenolic OH excluding ortho intramolecular Hbond substituents is 1. The summed E-state index contributed by atoms with van der Waals surface area (Å²) in [5.74, 6) is -2.78. The van der Waals surface area contributed by atoms with Gasteiger partial charge in [-0.1, -0.05) is 18.2 Å². The molecule has 0 spiro atoms. The van der Waals surface area contributed by atoms with Gasteiger partial charge < -0.3 is 24.5 Å². The van der Waals surface area contributed by atoms with Crippen LogP contribution in [0.25, 0.3) is 17.0 Å². The fraction of sp³-hybridized carbons (Fsp3) is 0.0526. The molecule has 0 atom stereocenters. The van der Waals surface area contributed by atoms with E-state index in [2.05, 4.69) is 0 Å². The average Bonchev–Trinajstić information content (AvgIpc) is 3.07. The summed E-state index contributed by atoms with van der Waals surface area (Å²) in [6, 6.07) is 7.67. The van der Waals surface area contributed by atoms with Gasteiger partial charge in [0, 0.05) is 0 Å². The van der Waals surface area contributed by atoms with Gasteiger partial charge in [0.2, 0.25) is 0 Å². The summed E-state index contributed by atoms with van der Waals surface area (Å²) >= 11 is 0. The van der Waals surface area contributed by atoms with Crippen LogP contribution >= 0.6 is 0 Å². The first-order valence-corrected chi connectivity index (χ1v) is 7.49. The summed E-state index contributed by atoms with van der Waals surface area (Å²) in [5.41, 5.74) is -0.324. The molecular weight excluding hydrogens is 340 g/mol. The van der Waals surface area contributed by atoms with E-state index in [1.54, 1.807) is 12.1 Å². The van der Waals surface area contributed by atoms with Crippen molar-refractivity contribution < 1.29 is 34.1 Å². The van der Waals surface area contributed by atoms with Gasteiger partial charge in [0.1, 0.15) is 28.4 Å². The van der Waals surface area contributed by atoms with Crippen LogP contribution in [0.3, 0.4) is 0 Å². The van der Waals surface area contributed by atoms with E-state index in [1.165, 1.54) is 37.6 Å². The number of benzene rings is 2. The Morgan fingerprint density at radius 2 is 1.92 bits per heavy atom. The zero-order chi connectivity index (χ0) is 18.8. The second-order valence-electron chi connectivity index (χ2n) is 5.39. The predicted octanol–water partition coefficient (Wildman–Crippen LogP) is 3.45. The van der Waals surface area contributed by atoms with E-state index in [1.807, 2.05) is 0 Å². The van der Waals surface area contributed by atoms with E-state index < -0.39 is 23.1 Å². The molecule has 1 heterocycles. The minimum absolute atomic E-state index is 0.0156. The summed E-state index contributed by atoms with van der Waals surface area (Å²) < 4.78 is 10.4. The van der Waals surface area contributed by atoms with Gasteiger partial charge in [-0.2, -0.15) is 0 Å². The van der Waals surface area contributed by atoms with Crippen LogP contribution in [0.5, 0.6) is 17.2 Å². The van der Waals surface area contributed by atoms with Crippen LogP contribution in [-0.2, 0) is 0 Å². The van der Waals surface area contributed by atoms with Gasteiger partial charge in [0.05, 0.1) is 18.8 Å². The van der Waals surface area contributed by atoms with Gasteiger partial charge in [0.15, 0.2) is 11.4 Å². The number of carbonyl (C=O) groups is 2. The predicted molar refractivity (Wildman–Crippen MR) is 92.9 cm³/mol. The number of furan rings is 1. The van der Waals surface area contributed by atoms with Gasteiger partial charge in [0.25, 0.3) is 0 Å². The highest BCUT2D eigenvalue weighted by atomic mass is 16.5. The van der Waals surface area contributed by atoms with Crippen LogP contribution in [0.15, 0.2) is 47.1 Å². The maximum Gasteiger partial charge on any atom is 0.343 e. The third kappa shape index (κ3) is 2.86. The molecule has 7 heteroatoms. The molecule has 0 unspecified atom stereocenters. The highest BCUT2D eigenvalue weighted by molar-refractivity contribution is 6.18. The molecule has 3 N–H and O–H groups in total. The molecule has 0 fully saturated rings. The lowest BCUT2D eigenvalue weighted by atomic mass is 9.99. The number of carboxylic acid groups (broad SMARTS) is 1.